The average Bonchev–Trinajstić information content (AvgIpc) is 2.92. The van der Waals surface area contributed by atoms with Crippen molar-refractivity contribution in [1.29, 1.82) is 0 Å². The standard InChI is InChI=1S/C20H19NO4/c1-3-24-18-8-6-5-7-13(18)11-16-15-10-9-14(20(23)25-4-2)12-17(15)21-19(16)22/h5-12H,3-4H2,1-2H3,(H,21,22). The summed E-state index contributed by atoms with van der Waals surface area (Å²) in [5.74, 6) is 0.114. The van der Waals surface area contributed by atoms with E-state index in [0.29, 0.717) is 30.0 Å². The lowest BCUT2D eigenvalue weighted by atomic mass is 10.0. The number of para-hydroxylation sites is 1. The largest absolute Gasteiger partial charge is 0.493 e. The average molecular weight is 337 g/mol. The van der Waals surface area contributed by atoms with Crippen molar-refractivity contribution in [3.63, 3.8) is 0 Å². The zero-order valence-electron chi connectivity index (χ0n) is 14.2. The summed E-state index contributed by atoms with van der Waals surface area (Å²) in [6.07, 6.45) is 1.80. The van der Waals surface area contributed by atoms with Crippen molar-refractivity contribution >= 4 is 29.2 Å². The molecule has 1 amide bonds. The second-order valence-electron chi connectivity index (χ2n) is 5.46. The van der Waals surface area contributed by atoms with Crippen LogP contribution >= 0.6 is 0 Å². The third-order valence-electron chi connectivity index (χ3n) is 3.83. The Bertz CT molecular complexity index is 855. The predicted octanol–water partition coefficient (Wildman–Crippen LogP) is 3.75. The summed E-state index contributed by atoms with van der Waals surface area (Å²) in [7, 11) is 0. The highest BCUT2D eigenvalue weighted by atomic mass is 16.5. The van der Waals surface area contributed by atoms with Crippen molar-refractivity contribution in [3.05, 3.63) is 59.2 Å². The van der Waals surface area contributed by atoms with Crippen molar-refractivity contribution in [3.8, 4) is 5.75 Å². The van der Waals surface area contributed by atoms with E-state index >= 15 is 0 Å². The molecule has 3 rings (SSSR count). The molecule has 0 bridgehead atoms. The lowest BCUT2D eigenvalue weighted by molar-refractivity contribution is -0.110. The Hall–Kier alpha value is -3.08. The van der Waals surface area contributed by atoms with Gasteiger partial charge in [0, 0.05) is 22.4 Å². The first kappa shape index (κ1) is 16.8. The number of carbonyl (C=O) groups excluding carboxylic acids is 2. The Morgan fingerprint density at radius 3 is 2.68 bits per heavy atom. The van der Waals surface area contributed by atoms with Gasteiger partial charge in [-0.15, -0.1) is 0 Å². The second-order valence-corrected chi connectivity index (χ2v) is 5.46. The first-order valence-electron chi connectivity index (χ1n) is 8.20. The first-order valence-corrected chi connectivity index (χ1v) is 8.20. The van der Waals surface area contributed by atoms with Crippen molar-refractivity contribution < 1.29 is 19.1 Å². The summed E-state index contributed by atoms with van der Waals surface area (Å²) >= 11 is 0. The van der Waals surface area contributed by atoms with Crippen molar-refractivity contribution in [2.45, 2.75) is 13.8 Å². The molecule has 25 heavy (non-hydrogen) atoms. The smallest absolute Gasteiger partial charge is 0.338 e. The minimum atomic E-state index is -0.404. The quantitative estimate of drug-likeness (QED) is 0.666. The molecule has 2 aromatic rings. The van der Waals surface area contributed by atoms with Crippen molar-refractivity contribution in [2.24, 2.45) is 0 Å². The summed E-state index contributed by atoms with van der Waals surface area (Å²) in [6.45, 7) is 4.52. The molecule has 0 aliphatic carbocycles. The van der Waals surface area contributed by atoms with Gasteiger partial charge in [0.05, 0.1) is 18.8 Å². The summed E-state index contributed by atoms with van der Waals surface area (Å²) in [5, 5.41) is 2.80. The van der Waals surface area contributed by atoms with Crippen LogP contribution in [0.15, 0.2) is 42.5 Å². The van der Waals surface area contributed by atoms with E-state index in [1.165, 1.54) is 0 Å². The fraction of sp³-hybridized carbons (Fsp3) is 0.200. The topological polar surface area (TPSA) is 64.6 Å². The fourth-order valence-corrected chi connectivity index (χ4v) is 2.72. The fourth-order valence-electron chi connectivity index (χ4n) is 2.72. The molecule has 0 fully saturated rings. The van der Waals surface area contributed by atoms with Gasteiger partial charge in [0.1, 0.15) is 5.75 Å². The van der Waals surface area contributed by atoms with Crippen LogP contribution < -0.4 is 10.1 Å². The second kappa shape index (κ2) is 7.21. The highest BCUT2D eigenvalue weighted by molar-refractivity contribution is 6.35. The Kier molecular flexibility index (Phi) is 4.84. The van der Waals surface area contributed by atoms with Gasteiger partial charge in [-0.05, 0) is 38.1 Å². The molecule has 1 aliphatic heterocycles. The predicted molar refractivity (Wildman–Crippen MR) is 96.5 cm³/mol. The van der Waals surface area contributed by atoms with Gasteiger partial charge in [-0.25, -0.2) is 4.79 Å². The zero-order valence-corrected chi connectivity index (χ0v) is 14.2. The van der Waals surface area contributed by atoms with E-state index in [4.69, 9.17) is 9.47 Å². The number of fused-ring (bicyclic) bond motifs is 1. The molecule has 1 heterocycles. The molecule has 5 heteroatoms. The minimum absolute atomic E-state index is 0.206. The maximum Gasteiger partial charge on any atom is 0.338 e. The van der Waals surface area contributed by atoms with Crippen LogP contribution in [-0.2, 0) is 9.53 Å². The lowest BCUT2D eigenvalue weighted by Crippen LogP contribution is -2.06. The zero-order chi connectivity index (χ0) is 17.8. The molecule has 0 spiro atoms. The van der Waals surface area contributed by atoms with Gasteiger partial charge in [-0.2, -0.15) is 0 Å². The van der Waals surface area contributed by atoms with Crippen LogP contribution in [0.3, 0.4) is 0 Å². The molecule has 128 valence electrons. The molecular weight excluding hydrogens is 318 g/mol. The number of carbonyl (C=O) groups is 2. The van der Waals surface area contributed by atoms with Crippen LogP contribution in [0.2, 0.25) is 0 Å². The van der Waals surface area contributed by atoms with Crippen LogP contribution in [0.1, 0.15) is 35.3 Å². The van der Waals surface area contributed by atoms with E-state index in [2.05, 4.69) is 5.32 Å². The molecular formula is C20H19NO4. The normalized spacial score (nSPS) is 14.2. The number of hydrogen-bond donors (Lipinski definition) is 1. The summed E-state index contributed by atoms with van der Waals surface area (Å²) in [4.78, 5) is 24.2. The molecule has 1 aliphatic rings. The Morgan fingerprint density at radius 1 is 1.12 bits per heavy atom. The molecule has 0 saturated heterocycles. The van der Waals surface area contributed by atoms with Crippen LogP contribution in [0.4, 0.5) is 5.69 Å². The molecule has 1 N–H and O–H groups in total. The number of anilines is 1. The number of esters is 1. The number of ether oxygens (including phenoxy) is 2. The maximum atomic E-state index is 12.4. The van der Waals surface area contributed by atoms with Gasteiger partial charge in [-0.3, -0.25) is 4.79 Å². The molecule has 5 nitrogen and oxygen atoms in total. The molecule has 2 aromatic carbocycles. The first-order chi connectivity index (χ1) is 12.1. The maximum absolute atomic E-state index is 12.4. The number of rotatable bonds is 5. The van der Waals surface area contributed by atoms with Gasteiger partial charge in [0.2, 0.25) is 0 Å². The summed E-state index contributed by atoms with van der Waals surface area (Å²) in [5.41, 5.74) is 3.14. The monoisotopic (exact) mass is 337 g/mol. The van der Waals surface area contributed by atoms with E-state index in [1.54, 1.807) is 31.2 Å². The van der Waals surface area contributed by atoms with E-state index < -0.39 is 5.97 Å². The van der Waals surface area contributed by atoms with E-state index in [0.717, 1.165) is 16.9 Å². The van der Waals surface area contributed by atoms with Gasteiger partial charge in [0.25, 0.3) is 5.91 Å². The Labute approximate surface area is 146 Å². The van der Waals surface area contributed by atoms with E-state index in [9.17, 15) is 9.59 Å². The van der Waals surface area contributed by atoms with Crippen molar-refractivity contribution in [1.82, 2.24) is 0 Å². The van der Waals surface area contributed by atoms with Crippen molar-refractivity contribution in [2.75, 3.05) is 18.5 Å². The molecule has 0 aromatic heterocycles. The molecule has 0 radical (unpaired) electrons. The van der Waals surface area contributed by atoms with Gasteiger partial charge in [0.15, 0.2) is 0 Å². The lowest BCUT2D eigenvalue weighted by Gasteiger charge is -2.07. The number of nitrogens with one attached hydrogen (secondary N) is 1. The molecule has 0 atom stereocenters. The van der Waals surface area contributed by atoms with Gasteiger partial charge < -0.3 is 14.8 Å². The highest BCUT2D eigenvalue weighted by Gasteiger charge is 2.25. The Balaban J connectivity index is 1.99. The minimum Gasteiger partial charge on any atom is -0.493 e. The Morgan fingerprint density at radius 2 is 1.92 bits per heavy atom. The molecule has 0 saturated carbocycles. The van der Waals surface area contributed by atoms with Crippen LogP contribution in [0, 0.1) is 0 Å². The SMILES string of the molecule is CCOC(=O)c1ccc2c(c1)NC(=O)C2=Cc1ccccc1OCC. The van der Waals surface area contributed by atoms with Gasteiger partial charge >= 0.3 is 5.97 Å². The van der Waals surface area contributed by atoms with Gasteiger partial charge in [-0.1, -0.05) is 24.3 Å². The molecule has 0 unspecified atom stereocenters. The third-order valence-corrected chi connectivity index (χ3v) is 3.83. The van der Waals surface area contributed by atoms with E-state index in [1.807, 2.05) is 31.2 Å². The van der Waals surface area contributed by atoms with Crippen LogP contribution in [-0.4, -0.2) is 25.1 Å². The number of hydrogen-bond acceptors (Lipinski definition) is 4. The van der Waals surface area contributed by atoms with Crippen LogP contribution in [0.5, 0.6) is 5.75 Å². The third kappa shape index (κ3) is 3.40. The van der Waals surface area contributed by atoms with Crippen LogP contribution in [0.25, 0.3) is 11.6 Å². The van der Waals surface area contributed by atoms with E-state index in [-0.39, 0.29) is 5.91 Å². The summed E-state index contributed by atoms with van der Waals surface area (Å²) < 4.78 is 10.6. The number of amides is 1. The number of benzene rings is 2. The highest BCUT2D eigenvalue weighted by Crippen LogP contribution is 2.35. The summed E-state index contributed by atoms with van der Waals surface area (Å²) in [6, 6.07) is 12.6.